The Morgan fingerprint density at radius 1 is 1.40 bits per heavy atom. The van der Waals surface area contributed by atoms with Crippen LogP contribution in [0.15, 0.2) is 35.4 Å². The third kappa shape index (κ3) is 3.49. The number of carbonyl (C=O) groups is 1. The van der Waals surface area contributed by atoms with E-state index in [-0.39, 0.29) is 11.6 Å². The summed E-state index contributed by atoms with van der Waals surface area (Å²) in [7, 11) is 0. The lowest BCUT2D eigenvalue weighted by atomic mass is 10.3. The van der Waals surface area contributed by atoms with Gasteiger partial charge in [0.05, 0.1) is 21.9 Å². The van der Waals surface area contributed by atoms with E-state index in [4.69, 9.17) is 28.9 Å². The summed E-state index contributed by atoms with van der Waals surface area (Å²) in [5.74, 6) is -0.441. The van der Waals surface area contributed by atoms with Crippen molar-refractivity contribution in [3.8, 4) is 0 Å². The summed E-state index contributed by atoms with van der Waals surface area (Å²) in [5.41, 5.74) is 5.88. The molecule has 0 spiro atoms. The lowest BCUT2D eigenvalue weighted by Gasteiger charge is -2.09. The largest absolute Gasteiger partial charge is 0.399 e. The quantitative estimate of drug-likeness (QED) is 0.845. The summed E-state index contributed by atoms with van der Waals surface area (Å²) >= 11 is 11.6. The molecule has 2 rings (SSSR count). The third-order valence-corrected chi connectivity index (χ3v) is 2.93. The Morgan fingerprint density at radius 2 is 2.15 bits per heavy atom. The second kappa shape index (κ2) is 5.94. The van der Waals surface area contributed by atoms with Crippen LogP contribution in [0, 0.1) is 0 Å². The van der Waals surface area contributed by atoms with Crippen LogP contribution in [-0.4, -0.2) is 15.5 Å². The molecule has 1 amide bonds. The van der Waals surface area contributed by atoms with E-state index in [9.17, 15) is 9.59 Å². The van der Waals surface area contributed by atoms with Crippen molar-refractivity contribution in [3.05, 3.63) is 51.1 Å². The van der Waals surface area contributed by atoms with Gasteiger partial charge in [0.2, 0.25) is 5.91 Å². The minimum atomic E-state index is -0.566. The average Bonchev–Trinajstić information content (AvgIpc) is 2.38. The van der Waals surface area contributed by atoms with Gasteiger partial charge in [-0.1, -0.05) is 23.2 Å². The highest BCUT2D eigenvalue weighted by molar-refractivity contribution is 6.33. The molecule has 0 saturated heterocycles. The van der Waals surface area contributed by atoms with E-state index in [2.05, 4.69) is 10.3 Å². The summed E-state index contributed by atoms with van der Waals surface area (Å²) < 4.78 is 1.10. The molecule has 104 valence electrons. The van der Waals surface area contributed by atoms with E-state index >= 15 is 0 Å². The van der Waals surface area contributed by atoms with E-state index in [0.29, 0.717) is 16.4 Å². The monoisotopic (exact) mass is 312 g/mol. The fraction of sp³-hybridized carbons (Fsp3) is 0.0833. The van der Waals surface area contributed by atoms with Crippen molar-refractivity contribution in [2.24, 2.45) is 0 Å². The minimum absolute atomic E-state index is 0.225. The molecular weight excluding hydrogens is 303 g/mol. The van der Waals surface area contributed by atoms with Gasteiger partial charge in [0, 0.05) is 11.9 Å². The average molecular weight is 313 g/mol. The number of aromatic nitrogens is 2. The van der Waals surface area contributed by atoms with Crippen molar-refractivity contribution < 1.29 is 4.79 Å². The van der Waals surface area contributed by atoms with Crippen molar-refractivity contribution in [1.29, 1.82) is 0 Å². The zero-order chi connectivity index (χ0) is 14.7. The Morgan fingerprint density at radius 3 is 2.90 bits per heavy atom. The number of nitrogens with one attached hydrogen (secondary N) is 1. The van der Waals surface area contributed by atoms with Crippen LogP contribution in [0.25, 0.3) is 0 Å². The molecule has 0 aliphatic heterocycles. The van der Waals surface area contributed by atoms with E-state index < -0.39 is 11.6 Å². The third-order valence-electron chi connectivity index (χ3n) is 2.40. The molecule has 0 fully saturated rings. The smallest absolute Gasteiger partial charge is 0.348 e. The molecule has 0 aliphatic rings. The molecule has 20 heavy (non-hydrogen) atoms. The lowest BCUT2D eigenvalue weighted by molar-refractivity contribution is -0.116. The SMILES string of the molecule is Nc1ccc(Cl)c(NC(=O)Cn2cc(Cl)cnc2=O)c1. The number of amides is 1. The van der Waals surface area contributed by atoms with Crippen LogP contribution in [-0.2, 0) is 11.3 Å². The van der Waals surface area contributed by atoms with Crippen LogP contribution < -0.4 is 16.7 Å². The molecular formula is C12H10Cl2N4O2. The normalized spacial score (nSPS) is 10.3. The Balaban J connectivity index is 2.15. The molecule has 0 saturated carbocycles. The van der Waals surface area contributed by atoms with Crippen LogP contribution in [0.4, 0.5) is 11.4 Å². The number of anilines is 2. The van der Waals surface area contributed by atoms with Crippen LogP contribution in [0.1, 0.15) is 0 Å². The molecule has 0 bridgehead atoms. The Kier molecular flexibility index (Phi) is 4.26. The second-order valence-corrected chi connectivity index (χ2v) is 4.81. The highest BCUT2D eigenvalue weighted by Crippen LogP contribution is 2.23. The first kappa shape index (κ1) is 14.4. The van der Waals surface area contributed by atoms with Crippen LogP contribution in [0.3, 0.4) is 0 Å². The molecule has 1 aromatic heterocycles. The maximum Gasteiger partial charge on any atom is 0.348 e. The number of nitrogens with two attached hydrogens (primary N) is 1. The van der Waals surface area contributed by atoms with Gasteiger partial charge in [-0.05, 0) is 18.2 Å². The first-order valence-electron chi connectivity index (χ1n) is 5.52. The topological polar surface area (TPSA) is 90.0 Å². The Labute approximate surface area is 124 Å². The molecule has 1 aromatic carbocycles. The molecule has 0 unspecified atom stereocenters. The maximum atomic E-state index is 11.9. The lowest BCUT2D eigenvalue weighted by Crippen LogP contribution is -2.28. The van der Waals surface area contributed by atoms with Gasteiger partial charge >= 0.3 is 5.69 Å². The maximum absolute atomic E-state index is 11.9. The fourth-order valence-electron chi connectivity index (χ4n) is 1.52. The molecule has 1 heterocycles. The van der Waals surface area contributed by atoms with Crippen molar-refractivity contribution in [1.82, 2.24) is 9.55 Å². The highest BCUT2D eigenvalue weighted by Gasteiger charge is 2.09. The van der Waals surface area contributed by atoms with Gasteiger partial charge < -0.3 is 11.1 Å². The molecule has 8 heteroatoms. The van der Waals surface area contributed by atoms with Crippen LogP contribution >= 0.6 is 23.2 Å². The van der Waals surface area contributed by atoms with Gasteiger partial charge in [0.25, 0.3) is 0 Å². The molecule has 0 radical (unpaired) electrons. The van der Waals surface area contributed by atoms with E-state index in [0.717, 1.165) is 4.57 Å². The Bertz CT molecular complexity index is 715. The van der Waals surface area contributed by atoms with Gasteiger partial charge in [0.1, 0.15) is 6.54 Å². The number of nitrogen functional groups attached to an aromatic ring is 1. The van der Waals surface area contributed by atoms with Crippen molar-refractivity contribution in [2.45, 2.75) is 6.54 Å². The number of nitrogens with zero attached hydrogens (tertiary/aromatic N) is 2. The van der Waals surface area contributed by atoms with Gasteiger partial charge in [-0.25, -0.2) is 9.78 Å². The van der Waals surface area contributed by atoms with Gasteiger partial charge in [-0.2, -0.15) is 0 Å². The molecule has 2 aromatic rings. The number of hydrogen-bond acceptors (Lipinski definition) is 4. The van der Waals surface area contributed by atoms with Gasteiger partial charge in [-0.15, -0.1) is 0 Å². The summed E-state index contributed by atoms with van der Waals surface area (Å²) in [4.78, 5) is 26.8. The summed E-state index contributed by atoms with van der Waals surface area (Å²) in [6, 6.07) is 4.71. The number of carbonyl (C=O) groups excluding carboxylic acids is 1. The summed E-state index contributed by atoms with van der Waals surface area (Å²) in [6.45, 7) is -0.225. The summed E-state index contributed by atoms with van der Waals surface area (Å²) in [6.07, 6.45) is 2.55. The van der Waals surface area contributed by atoms with E-state index in [1.165, 1.54) is 18.5 Å². The first-order chi connectivity index (χ1) is 9.45. The predicted molar refractivity (Wildman–Crippen MR) is 78.0 cm³/mol. The standard InChI is InChI=1S/C12H10Cl2N4O2/c13-7-4-16-12(20)18(5-7)6-11(19)17-10-3-8(15)1-2-9(10)14/h1-5H,6,15H2,(H,17,19). The molecule has 3 N–H and O–H groups in total. The van der Waals surface area contributed by atoms with Crippen LogP contribution in [0.5, 0.6) is 0 Å². The Hall–Kier alpha value is -2.05. The van der Waals surface area contributed by atoms with Crippen LogP contribution in [0.2, 0.25) is 10.0 Å². The number of hydrogen-bond donors (Lipinski definition) is 2. The molecule has 6 nitrogen and oxygen atoms in total. The summed E-state index contributed by atoms with van der Waals surface area (Å²) in [5, 5.41) is 3.18. The zero-order valence-electron chi connectivity index (χ0n) is 10.1. The fourth-order valence-corrected chi connectivity index (χ4v) is 1.86. The number of benzene rings is 1. The van der Waals surface area contributed by atoms with Crippen molar-refractivity contribution in [3.63, 3.8) is 0 Å². The number of rotatable bonds is 3. The minimum Gasteiger partial charge on any atom is -0.399 e. The van der Waals surface area contributed by atoms with Gasteiger partial charge in [0.15, 0.2) is 0 Å². The highest BCUT2D eigenvalue weighted by atomic mass is 35.5. The van der Waals surface area contributed by atoms with E-state index in [1.54, 1.807) is 12.1 Å². The van der Waals surface area contributed by atoms with Gasteiger partial charge in [-0.3, -0.25) is 9.36 Å². The van der Waals surface area contributed by atoms with Crippen molar-refractivity contribution in [2.75, 3.05) is 11.1 Å². The zero-order valence-corrected chi connectivity index (χ0v) is 11.6. The second-order valence-electron chi connectivity index (χ2n) is 3.97. The predicted octanol–water partition coefficient (Wildman–Crippen LogP) is 1.77. The number of halogens is 2. The first-order valence-corrected chi connectivity index (χ1v) is 6.28. The van der Waals surface area contributed by atoms with E-state index in [1.807, 2.05) is 0 Å². The molecule has 0 atom stereocenters. The molecule has 0 aliphatic carbocycles. The van der Waals surface area contributed by atoms with Crippen molar-refractivity contribution >= 4 is 40.5 Å².